The van der Waals surface area contributed by atoms with Crippen molar-refractivity contribution in [1.29, 1.82) is 0 Å². The van der Waals surface area contributed by atoms with E-state index in [2.05, 4.69) is 15.2 Å². The van der Waals surface area contributed by atoms with Crippen molar-refractivity contribution in [2.75, 3.05) is 7.05 Å². The molecule has 0 unspecified atom stereocenters. The number of nitrogens with zero attached hydrogens (tertiary/aromatic N) is 3. The molecule has 0 bridgehead atoms. The Hall–Kier alpha value is -2.28. The molecule has 1 amide bonds. The number of carbonyl (C=O) groups excluding carboxylic acids is 1. The lowest BCUT2D eigenvalue weighted by Crippen LogP contribution is -2.28. The first-order valence-corrected chi connectivity index (χ1v) is 6.87. The molecule has 2 rings (SSSR count). The Morgan fingerprint density at radius 2 is 2.05 bits per heavy atom. The fourth-order valence-corrected chi connectivity index (χ4v) is 1.99. The second-order valence-electron chi connectivity index (χ2n) is 4.82. The SMILES string of the molecule is Cc1nc(CN(C)C(=O)Cc2ccc(C(N)=S)cc2)n[nH]1. The summed E-state index contributed by atoms with van der Waals surface area (Å²) in [5, 5.41) is 6.77. The van der Waals surface area contributed by atoms with Crippen molar-refractivity contribution in [3.05, 3.63) is 47.0 Å². The Morgan fingerprint density at radius 1 is 1.38 bits per heavy atom. The zero-order valence-electron chi connectivity index (χ0n) is 12.0. The number of aromatic nitrogens is 3. The molecule has 2 aromatic rings. The van der Waals surface area contributed by atoms with Crippen LogP contribution in [0.15, 0.2) is 24.3 Å². The number of carbonyl (C=O) groups is 1. The van der Waals surface area contributed by atoms with Crippen molar-refractivity contribution >= 4 is 23.1 Å². The average Bonchev–Trinajstić information content (AvgIpc) is 2.84. The van der Waals surface area contributed by atoms with E-state index in [0.717, 1.165) is 17.0 Å². The number of amides is 1. The predicted octanol–water partition coefficient (Wildman–Crippen LogP) is 0.948. The van der Waals surface area contributed by atoms with Crippen molar-refractivity contribution < 1.29 is 4.79 Å². The molecule has 3 N–H and O–H groups in total. The molecule has 0 aliphatic carbocycles. The van der Waals surface area contributed by atoms with Crippen molar-refractivity contribution in [3.63, 3.8) is 0 Å². The van der Waals surface area contributed by atoms with Gasteiger partial charge in [0.05, 0.1) is 13.0 Å². The minimum Gasteiger partial charge on any atom is -0.389 e. The number of nitrogens with one attached hydrogen (secondary N) is 1. The number of aromatic amines is 1. The van der Waals surface area contributed by atoms with Crippen LogP contribution in [-0.2, 0) is 17.8 Å². The summed E-state index contributed by atoms with van der Waals surface area (Å²) in [5.74, 6) is 1.34. The van der Waals surface area contributed by atoms with Crippen LogP contribution in [0.2, 0.25) is 0 Å². The molecule has 6 nitrogen and oxygen atoms in total. The Labute approximate surface area is 128 Å². The number of H-pyrrole nitrogens is 1. The number of hydrogen-bond donors (Lipinski definition) is 2. The normalized spacial score (nSPS) is 10.4. The van der Waals surface area contributed by atoms with Crippen molar-refractivity contribution in [1.82, 2.24) is 20.1 Å². The van der Waals surface area contributed by atoms with Gasteiger partial charge in [0.15, 0.2) is 5.82 Å². The molecule has 0 spiro atoms. The first kappa shape index (κ1) is 15.1. The van der Waals surface area contributed by atoms with E-state index in [0.29, 0.717) is 23.8 Å². The topological polar surface area (TPSA) is 87.9 Å². The van der Waals surface area contributed by atoms with Gasteiger partial charge in [0.1, 0.15) is 10.8 Å². The van der Waals surface area contributed by atoms with E-state index in [1.54, 1.807) is 11.9 Å². The Morgan fingerprint density at radius 3 is 2.57 bits per heavy atom. The molecule has 0 aliphatic rings. The Balaban J connectivity index is 1.95. The predicted molar refractivity (Wildman–Crippen MR) is 83.6 cm³/mol. The molecule has 1 aromatic carbocycles. The highest BCUT2D eigenvalue weighted by Crippen LogP contribution is 2.07. The lowest BCUT2D eigenvalue weighted by molar-refractivity contribution is -0.129. The first-order valence-electron chi connectivity index (χ1n) is 6.46. The number of hydrogen-bond acceptors (Lipinski definition) is 4. The van der Waals surface area contributed by atoms with Crippen LogP contribution >= 0.6 is 12.2 Å². The maximum absolute atomic E-state index is 12.2. The lowest BCUT2D eigenvalue weighted by atomic mass is 10.1. The summed E-state index contributed by atoms with van der Waals surface area (Å²) in [6.45, 7) is 2.20. The fourth-order valence-electron chi connectivity index (χ4n) is 1.86. The van der Waals surface area contributed by atoms with E-state index in [1.165, 1.54) is 0 Å². The third kappa shape index (κ3) is 4.09. The van der Waals surface area contributed by atoms with E-state index in [9.17, 15) is 4.79 Å². The average molecular weight is 303 g/mol. The molecular formula is C14H17N5OS. The van der Waals surface area contributed by atoms with E-state index >= 15 is 0 Å². The molecule has 0 saturated heterocycles. The van der Waals surface area contributed by atoms with Gasteiger partial charge in [0.2, 0.25) is 5.91 Å². The molecular weight excluding hydrogens is 286 g/mol. The molecule has 7 heteroatoms. The summed E-state index contributed by atoms with van der Waals surface area (Å²) in [5.41, 5.74) is 7.25. The standard InChI is InChI=1S/C14H17N5OS/c1-9-16-12(18-17-9)8-19(2)13(20)7-10-3-5-11(6-4-10)14(15)21/h3-6H,7-8H2,1-2H3,(H2,15,21)(H,16,17,18). The van der Waals surface area contributed by atoms with E-state index in [-0.39, 0.29) is 5.91 Å². The van der Waals surface area contributed by atoms with Crippen molar-refractivity contribution in [3.8, 4) is 0 Å². The number of thiocarbonyl (C=S) groups is 1. The number of nitrogens with two attached hydrogens (primary N) is 1. The molecule has 0 radical (unpaired) electrons. The van der Waals surface area contributed by atoms with Crippen LogP contribution in [0.1, 0.15) is 22.8 Å². The van der Waals surface area contributed by atoms with Gasteiger partial charge < -0.3 is 10.6 Å². The van der Waals surface area contributed by atoms with Gasteiger partial charge in [-0.3, -0.25) is 9.89 Å². The summed E-state index contributed by atoms with van der Waals surface area (Å²) in [6.07, 6.45) is 0.317. The minimum absolute atomic E-state index is 0.000489. The van der Waals surface area contributed by atoms with Crippen LogP contribution in [0.25, 0.3) is 0 Å². The molecule has 1 aromatic heterocycles. The van der Waals surface area contributed by atoms with E-state index in [1.807, 2.05) is 31.2 Å². The third-order valence-corrected chi connectivity index (χ3v) is 3.28. The zero-order chi connectivity index (χ0) is 15.4. The highest BCUT2D eigenvalue weighted by Gasteiger charge is 2.12. The van der Waals surface area contributed by atoms with Crippen LogP contribution in [0.3, 0.4) is 0 Å². The Kier molecular flexibility index (Phi) is 4.64. The van der Waals surface area contributed by atoms with Gasteiger partial charge in [-0.1, -0.05) is 36.5 Å². The lowest BCUT2D eigenvalue weighted by Gasteiger charge is -2.15. The van der Waals surface area contributed by atoms with Crippen LogP contribution < -0.4 is 5.73 Å². The first-order chi connectivity index (χ1) is 9.95. The van der Waals surface area contributed by atoms with Crippen molar-refractivity contribution in [2.45, 2.75) is 19.9 Å². The number of likely N-dealkylation sites (N-methyl/N-ethyl adjacent to an activating group) is 1. The quantitative estimate of drug-likeness (QED) is 0.803. The number of aryl methyl sites for hydroxylation is 1. The van der Waals surface area contributed by atoms with Gasteiger partial charge in [-0.15, -0.1) is 0 Å². The van der Waals surface area contributed by atoms with E-state index in [4.69, 9.17) is 18.0 Å². The number of rotatable bonds is 5. The van der Waals surface area contributed by atoms with Gasteiger partial charge in [0.25, 0.3) is 0 Å². The second kappa shape index (κ2) is 6.45. The summed E-state index contributed by atoms with van der Waals surface area (Å²) in [4.78, 5) is 18.3. The van der Waals surface area contributed by atoms with Gasteiger partial charge in [-0.05, 0) is 12.5 Å². The van der Waals surface area contributed by atoms with Crippen LogP contribution in [-0.4, -0.2) is 38.0 Å². The third-order valence-electron chi connectivity index (χ3n) is 3.04. The molecule has 1 heterocycles. The minimum atomic E-state index is 0.000489. The largest absolute Gasteiger partial charge is 0.389 e. The maximum atomic E-state index is 12.2. The van der Waals surface area contributed by atoms with Crippen molar-refractivity contribution in [2.24, 2.45) is 5.73 Å². The number of benzene rings is 1. The van der Waals surface area contributed by atoms with E-state index < -0.39 is 0 Å². The van der Waals surface area contributed by atoms with Gasteiger partial charge in [0, 0.05) is 12.6 Å². The van der Waals surface area contributed by atoms with Crippen LogP contribution in [0.4, 0.5) is 0 Å². The molecule has 110 valence electrons. The van der Waals surface area contributed by atoms with Gasteiger partial charge in [-0.2, -0.15) is 5.10 Å². The molecule has 0 saturated carbocycles. The van der Waals surface area contributed by atoms with Crippen LogP contribution in [0, 0.1) is 6.92 Å². The smallest absolute Gasteiger partial charge is 0.227 e. The molecule has 0 fully saturated rings. The molecule has 0 atom stereocenters. The Bertz CT molecular complexity index is 650. The second-order valence-corrected chi connectivity index (χ2v) is 5.26. The summed E-state index contributed by atoms with van der Waals surface area (Å²) < 4.78 is 0. The summed E-state index contributed by atoms with van der Waals surface area (Å²) in [7, 11) is 1.73. The van der Waals surface area contributed by atoms with Crippen LogP contribution in [0.5, 0.6) is 0 Å². The summed E-state index contributed by atoms with van der Waals surface area (Å²) in [6, 6.07) is 7.36. The van der Waals surface area contributed by atoms with Gasteiger partial charge >= 0.3 is 0 Å². The monoisotopic (exact) mass is 303 g/mol. The molecule has 21 heavy (non-hydrogen) atoms. The zero-order valence-corrected chi connectivity index (χ0v) is 12.8. The fraction of sp³-hybridized carbons (Fsp3) is 0.286. The highest BCUT2D eigenvalue weighted by molar-refractivity contribution is 7.80. The van der Waals surface area contributed by atoms with Gasteiger partial charge in [-0.25, -0.2) is 4.98 Å². The highest BCUT2D eigenvalue weighted by atomic mass is 32.1. The summed E-state index contributed by atoms with van der Waals surface area (Å²) >= 11 is 4.90. The maximum Gasteiger partial charge on any atom is 0.227 e. The molecule has 0 aliphatic heterocycles.